The van der Waals surface area contributed by atoms with Crippen molar-refractivity contribution in [2.75, 3.05) is 46.5 Å². The van der Waals surface area contributed by atoms with Gasteiger partial charge in [0.25, 0.3) is 11.5 Å². The molecular weight excluding hydrogens is 336 g/mol. The third kappa shape index (κ3) is 4.27. The molecule has 0 bridgehead atoms. The maximum absolute atomic E-state index is 12.6. The Kier molecular flexibility index (Phi) is 5.98. The Balaban J connectivity index is 1.74. The number of methoxy groups -OCH3 is 1. The number of quaternary nitrogens is 1. The number of ether oxygens (including phenoxy) is 2. The van der Waals surface area contributed by atoms with Gasteiger partial charge in [-0.1, -0.05) is 18.2 Å². The third-order valence-electron chi connectivity index (χ3n) is 4.30. The Morgan fingerprint density at radius 1 is 1.31 bits per heavy atom. The summed E-state index contributed by atoms with van der Waals surface area (Å²) in [5.41, 5.74) is 0.322. The quantitative estimate of drug-likeness (QED) is 0.683. The van der Waals surface area contributed by atoms with Gasteiger partial charge in [-0.2, -0.15) is 9.78 Å². The van der Waals surface area contributed by atoms with Gasteiger partial charge in [0.1, 0.15) is 13.1 Å². The normalized spacial score (nSPS) is 14.8. The van der Waals surface area contributed by atoms with E-state index in [0.29, 0.717) is 12.2 Å². The van der Waals surface area contributed by atoms with Gasteiger partial charge in [0.05, 0.1) is 45.2 Å². The lowest BCUT2D eigenvalue weighted by Crippen LogP contribution is -3.14. The van der Waals surface area contributed by atoms with E-state index in [2.05, 4.69) is 10.4 Å². The van der Waals surface area contributed by atoms with Gasteiger partial charge >= 0.3 is 0 Å². The summed E-state index contributed by atoms with van der Waals surface area (Å²) in [5, 5.41) is 7.08. The van der Waals surface area contributed by atoms with Crippen molar-refractivity contribution in [3.05, 3.63) is 52.4 Å². The predicted octanol–water partition coefficient (Wildman–Crippen LogP) is -1.11. The number of benzene rings is 1. The van der Waals surface area contributed by atoms with Crippen LogP contribution in [0.15, 0.2) is 41.2 Å². The lowest BCUT2D eigenvalue weighted by atomic mass is 10.3. The fourth-order valence-corrected chi connectivity index (χ4v) is 2.85. The van der Waals surface area contributed by atoms with Gasteiger partial charge in [0.15, 0.2) is 11.4 Å². The number of rotatable bonds is 6. The topological polar surface area (TPSA) is 86.9 Å². The average Bonchev–Trinajstić information content (AvgIpc) is 2.69. The van der Waals surface area contributed by atoms with Crippen LogP contribution in [-0.4, -0.2) is 62.2 Å². The van der Waals surface area contributed by atoms with Gasteiger partial charge in [-0.25, -0.2) is 0 Å². The number of hydrogen-bond donors (Lipinski definition) is 2. The molecule has 138 valence electrons. The first kappa shape index (κ1) is 18.1. The highest BCUT2D eigenvalue weighted by molar-refractivity contribution is 5.94. The minimum absolute atomic E-state index is 0.0907. The van der Waals surface area contributed by atoms with Crippen LogP contribution in [0.5, 0.6) is 5.75 Å². The van der Waals surface area contributed by atoms with E-state index in [1.54, 1.807) is 24.3 Å². The summed E-state index contributed by atoms with van der Waals surface area (Å²) in [6.07, 6.45) is 0. The first-order valence-electron chi connectivity index (χ1n) is 8.62. The van der Waals surface area contributed by atoms with Crippen molar-refractivity contribution in [2.45, 2.75) is 0 Å². The molecule has 0 aliphatic carbocycles. The van der Waals surface area contributed by atoms with E-state index >= 15 is 0 Å². The van der Waals surface area contributed by atoms with Gasteiger partial charge < -0.3 is 19.7 Å². The van der Waals surface area contributed by atoms with Crippen molar-refractivity contribution in [1.82, 2.24) is 15.1 Å². The number of aromatic nitrogens is 2. The molecule has 2 aromatic rings. The van der Waals surface area contributed by atoms with Crippen LogP contribution in [0.4, 0.5) is 0 Å². The minimum Gasteiger partial charge on any atom is -0.494 e. The first-order valence-corrected chi connectivity index (χ1v) is 8.62. The van der Waals surface area contributed by atoms with Crippen LogP contribution in [0, 0.1) is 0 Å². The molecule has 8 nitrogen and oxygen atoms in total. The van der Waals surface area contributed by atoms with Crippen molar-refractivity contribution in [3.8, 4) is 11.4 Å². The fourth-order valence-electron chi connectivity index (χ4n) is 2.85. The molecular formula is C18H23N4O4+. The van der Waals surface area contributed by atoms with E-state index in [-0.39, 0.29) is 22.9 Å². The second-order valence-corrected chi connectivity index (χ2v) is 6.02. The van der Waals surface area contributed by atoms with Crippen LogP contribution in [0.25, 0.3) is 5.69 Å². The molecule has 8 heteroatoms. The number of nitrogens with zero attached hydrogens (tertiary/aromatic N) is 2. The van der Waals surface area contributed by atoms with Crippen molar-refractivity contribution in [1.29, 1.82) is 0 Å². The summed E-state index contributed by atoms with van der Waals surface area (Å²) in [4.78, 5) is 26.2. The molecule has 1 aliphatic heterocycles. The lowest BCUT2D eigenvalue weighted by Gasteiger charge is -2.23. The summed E-state index contributed by atoms with van der Waals surface area (Å²) in [6, 6.07) is 10.2. The molecule has 1 aromatic heterocycles. The molecule has 0 spiro atoms. The lowest BCUT2D eigenvalue weighted by molar-refractivity contribution is -0.906. The standard InChI is InChI=1S/C18H22N4O4/c1-25-15-13-16(23)22(14-5-3-2-4-6-14)20-17(15)18(24)19-7-8-21-9-11-26-12-10-21/h2-6,13H,7-12H2,1H3,(H,19,24)/p+1. The molecule has 1 amide bonds. The van der Waals surface area contributed by atoms with Crippen LogP contribution in [0.1, 0.15) is 10.5 Å². The van der Waals surface area contributed by atoms with Crippen LogP contribution >= 0.6 is 0 Å². The van der Waals surface area contributed by atoms with Gasteiger partial charge in [-0.15, -0.1) is 0 Å². The van der Waals surface area contributed by atoms with Gasteiger partial charge in [0, 0.05) is 0 Å². The number of hydrogen-bond acceptors (Lipinski definition) is 5. The first-order chi connectivity index (χ1) is 12.7. The number of carbonyl (C=O) groups excluding carboxylic acids is 1. The molecule has 0 unspecified atom stereocenters. The van der Waals surface area contributed by atoms with Crippen molar-refractivity contribution in [3.63, 3.8) is 0 Å². The molecule has 1 saturated heterocycles. The number of amides is 1. The number of nitrogens with one attached hydrogen (secondary N) is 2. The van der Waals surface area contributed by atoms with E-state index in [1.165, 1.54) is 22.8 Å². The molecule has 1 aromatic carbocycles. The van der Waals surface area contributed by atoms with Gasteiger partial charge in [-0.3, -0.25) is 9.59 Å². The van der Waals surface area contributed by atoms with Crippen LogP contribution < -0.4 is 20.5 Å². The summed E-state index contributed by atoms with van der Waals surface area (Å²) in [7, 11) is 1.41. The van der Waals surface area contributed by atoms with E-state index in [0.717, 1.165) is 32.8 Å². The zero-order valence-corrected chi connectivity index (χ0v) is 14.7. The van der Waals surface area contributed by atoms with E-state index < -0.39 is 0 Å². The summed E-state index contributed by atoms with van der Waals surface area (Å²) >= 11 is 0. The Labute approximate surface area is 151 Å². The highest BCUT2D eigenvalue weighted by Gasteiger charge is 2.19. The van der Waals surface area contributed by atoms with Crippen LogP contribution in [0.2, 0.25) is 0 Å². The predicted molar refractivity (Wildman–Crippen MR) is 95.1 cm³/mol. The number of para-hydroxylation sites is 1. The monoisotopic (exact) mass is 359 g/mol. The zero-order valence-electron chi connectivity index (χ0n) is 14.7. The Bertz CT molecular complexity index is 801. The van der Waals surface area contributed by atoms with Gasteiger partial charge in [0.2, 0.25) is 0 Å². The third-order valence-corrected chi connectivity index (χ3v) is 4.30. The van der Waals surface area contributed by atoms with Gasteiger partial charge in [-0.05, 0) is 12.1 Å². The second kappa shape index (κ2) is 8.59. The summed E-state index contributed by atoms with van der Waals surface area (Å²) in [5.74, 6) is -0.197. The maximum Gasteiger partial charge on any atom is 0.275 e. The summed E-state index contributed by atoms with van der Waals surface area (Å²) in [6.45, 7) is 4.72. The molecule has 0 saturated carbocycles. The Morgan fingerprint density at radius 3 is 2.73 bits per heavy atom. The smallest absolute Gasteiger partial charge is 0.275 e. The fraction of sp³-hybridized carbons (Fsp3) is 0.389. The summed E-state index contributed by atoms with van der Waals surface area (Å²) < 4.78 is 11.7. The molecule has 3 rings (SSSR count). The largest absolute Gasteiger partial charge is 0.494 e. The maximum atomic E-state index is 12.6. The number of carbonyl (C=O) groups is 1. The molecule has 1 aliphatic rings. The van der Waals surface area contributed by atoms with Crippen LogP contribution in [-0.2, 0) is 4.74 Å². The van der Waals surface area contributed by atoms with Crippen molar-refractivity contribution >= 4 is 5.91 Å². The Morgan fingerprint density at radius 2 is 2.04 bits per heavy atom. The highest BCUT2D eigenvalue weighted by atomic mass is 16.5. The molecule has 2 heterocycles. The van der Waals surface area contributed by atoms with E-state index in [1.807, 2.05) is 6.07 Å². The molecule has 0 atom stereocenters. The average molecular weight is 359 g/mol. The van der Waals surface area contributed by atoms with Crippen molar-refractivity contribution in [2.24, 2.45) is 0 Å². The number of morpholine rings is 1. The van der Waals surface area contributed by atoms with Crippen LogP contribution in [0.3, 0.4) is 0 Å². The second-order valence-electron chi connectivity index (χ2n) is 6.02. The highest BCUT2D eigenvalue weighted by Crippen LogP contribution is 2.13. The van der Waals surface area contributed by atoms with Crippen molar-refractivity contribution < 1.29 is 19.2 Å². The molecule has 1 fully saturated rings. The minimum atomic E-state index is -0.362. The molecule has 0 radical (unpaired) electrons. The zero-order chi connectivity index (χ0) is 18.4. The molecule has 2 N–H and O–H groups in total. The van der Waals surface area contributed by atoms with E-state index in [9.17, 15) is 9.59 Å². The molecule has 26 heavy (non-hydrogen) atoms. The van der Waals surface area contributed by atoms with E-state index in [4.69, 9.17) is 9.47 Å². The SMILES string of the molecule is COc1cc(=O)n(-c2ccccc2)nc1C(=O)NCC[NH+]1CCOCC1. The Hall–Kier alpha value is -2.71.